The number of rotatable bonds is 10. The quantitative estimate of drug-likeness (QED) is 0.184. The standard InChI is InChI=1S/C26H26N4O3S2/c1-4-11-30-24(13-31-21-8-5-18(6-9-21)17(2)3)28-29-26(30)35-15-20-14-34-25(27-20)19-7-10-22-23(12-19)33-16-32-22/h4-10,12,14,17H,1,11,13,15-16H2,2-3H3. The molecular formula is C26H26N4O3S2. The van der Waals surface area contributed by atoms with Gasteiger partial charge < -0.3 is 14.2 Å². The van der Waals surface area contributed by atoms with Gasteiger partial charge in [-0.25, -0.2) is 4.98 Å². The van der Waals surface area contributed by atoms with E-state index in [0.29, 0.717) is 24.8 Å². The number of hydrogen-bond acceptors (Lipinski definition) is 8. The molecule has 4 aromatic rings. The van der Waals surface area contributed by atoms with Crippen molar-refractivity contribution in [2.75, 3.05) is 6.79 Å². The highest BCUT2D eigenvalue weighted by Gasteiger charge is 2.17. The van der Waals surface area contributed by atoms with Crippen molar-refractivity contribution >= 4 is 23.1 Å². The van der Waals surface area contributed by atoms with Crippen LogP contribution in [-0.4, -0.2) is 26.5 Å². The van der Waals surface area contributed by atoms with Gasteiger partial charge in [-0.2, -0.15) is 0 Å². The van der Waals surface area contributed by atoms with Crippen molar-refractivity contribution in [2.24, 2.45) is 0 Å². The molecule has 1 aliphatic rings. The second-order valence-corrected chi connectivity index (χ2v) is 10.1. The summed E-state index contributed by atoms with van der Waals surface area (Å²) in [6.45, 7) is 9.46. The predicted molar refractivity (Wildman–Crippen MR) is 138 cm³/mol. The molecule has 5 rings (SSSR count). The maximum absolute atomic E-state index is 5.98. The molecule has 3 heterocycles. The topological polar surface area (TPSA) is 71.3 Å². The number of allylic oxidation sites excluding steroid dienone is 1. The van der Waals surface area contributed by atoms with Gasteiger partial charge in [0.25, 0.3) is 0 Å². The molecule has 0 N–H and O–H groups in total. The van der Waals surface area contributed by atoms with E-state index in [2.05, 4.69) is 48.1 Å². The van der Waals surface area contributed by atoms with Crippen LogP contribution < -0.4 is 14.2 Å². The third-order valence-electron chi connectivity index (χ3n) is 5.54. The lowest BCUT2D eigenvalue weighted by Gasteiger charge is -2.10. The lowest BCUT2D eigenvalue weighted by Crippen LogP contribution is -2.07. The molecule has 0 spiro atoms. The highest BCUT2D eigenvalue weighted by molar-refractivity contribution is 7.98. The molecule has 2 aromatic heterocycles. The number of thiazole rings is 1. The molecule has 0 fully saturated rings. The minimum atomic E-state index is 0.265. The van der Waals surface area contributed by atoms with E-state index >= 15 is 0 Å². The summed E-state index contributed by atoms with van der Waals surface area (Å²) in [6.07, 6.45) is 1.84. The first-order valence-corrected chi connectivity index (χ1v) is 13.2. The molecule has 0 saturated heterocycles. The van der Waals surface area contributed by atoms with Crippen molar-refractivity contribution in [3.8, 4) is 27.8 Å². The van der Waals surface area contributed by atoms with E-state index in [0.717, 1.165) is 44.5 Å². The number of thioether (sulfide) groups is 1. The molecule has 0 unspecified atom stereocenters. The zero-order valence-electron chi connectivity index (χ0n) is 19.6. The van der Waals surface area contributed by atoms with E-state index in [9.17, 15) is 0 Å². The summed E-state index contributed by atoms with van der Waals surface area (Å²) >= 11 is 3.21. The fourth-order valence-corrected chi connectivity index (χ4v) is 5.40. The maximum atomic E-state index is 5.98. The van der Waals surface area contributed by atoms with Crippen LogP contribution in [-0.2, 0) is 18.9 Å². The summed E-state index contributed by atoms with van der Waals surface area (Å²) in [7, 11) is 0. The summed E-state index contributed by atoms with van der Waals surface area (Å²) < 4.78 is 18.9. The van der Waals surface area contributed by atoms with Crippen molar-refractivity contribution in [3.63, 3.8) is 0 Å². The van der Waals surface area contributed by atoms with Gasteiger partial charge in [0.15, 0.2) is 22.5 Å². The van der Waals surface area contributed by atoms with Crippen LogP contribution in [0.1, 0.15) is 36.8 Å². The predicted octanol–water partition coefficient (Wildman–Crippen LogP) is 6.31. The molecule has 180 valence electrons. The summed E-state index contributed by atoms with van der Waals surface area (Å²) in [5, 5.41) is 12.6. The Labute approximate surface area is 212 Å². The Morgan fingerprint density at radius 3 is 2.77 bits per heavy atom. The van der Waals surface area contributed by atoms with Crippen molar-refractivity contribution in [1.82, 2.24) is 19.7 Å². The van der Waals surface area contributed by atoms with Crippen LogP contribution in [0, 0.1) is 0 Å². The molecule has 0 radical (unpaired) electrons. The summed E-state index contributed by atoms with van der Waals surface area (Å²) in [5.74, 6) is 4.29. The normalized spacial score (nSPS) is 12.3. The second-order valence-electron chi connectivity index (χ2n) is 8.31. The number of aromatic nitrogens is 4. The lowest BCUT2D eigenvalue weighted by molar-refractivity contribution is 0.174. The zero-order valence-corrected chi connectivity index (χ0v) is 21.3. The Bertz CT molecular complexity index is 1310. The molecule has 35 heavy (non-hydrogen) atoms. The molecule has 2 aromatic carbocycles. The lowest BCUT2D eigenvalue weighted by atomic mass is 10.0. The average molecular weight is 507 g/mol. The molecule has 0 atom stereocenters. The van der Waals surface area contributed by atoms with Gasteiger partial charge in [-0.1, -0.05) is 43.8 Å². The Morgan fingerprint density at radius 2 is 1.97 bits per heavy atom. The van der Waals surface area contributed by atoms with Crippen molar-refractivity contribution in [3.05, 3.63) is 77.6 Å². The van der Waals surface area contributed by atoms with Gasteiger partial charge in [0, 0.05) is 23.2 Å². The van der Waals surface area contributed by atoms with E-state index in [1.807, 2.05) is 41.0 Å². The van der Waals surface area contributed by atoms with Gasteiger partial charge in [0.05, 0.1) is 5.69 Å². The molecule has 0 bridgehead atoms. The zero-order chi connectivity index (χ0) is 24.2. The first-order chi connectivity index (χ1) is 17.1. The van der Waals surface area contributed by atoms with E-state index in [4.69, 9.17) is 19.2 Å². The Morgan fingerprint density at radius 1 is 1.14 bits per heavy atom. The summed E-state index contributed by atoms with van der Waals surface area (Å²) in [6, 6.07) is 14.1. The van der Waals surface area contributed by atoms with Crippen LogP contribution in [0.25, 0.3) is 10.6 Å². The Balaban J connectivity index is 1.23. The fourth-order valence-electron chi connectivity index (χ4n) is 3.62. The van der Waals surface area contributed by atoms with E-state index < -0.39 is 0 Å². The largest absolute Gasteiger partial charge is 0.486 e. The molecule has 9 heteroatoms. The van der Waals surface area contributed by atoms with Crippen LogP contribution >= 0.6 is 23.1 Å². The van der Waals surface area contributed by atoms with Crippen LogP contribution in [0.2, 0.25) is 0 Å². The third-order valence-corrected chi connectivity index (χ3v) is 7.48. The summed E-state index contributed by atoms with van der Waals surface area (Å²) in [4.78, 5) is 4.80. The minimum absolute atomic E-state index is 0.265. The molecule has 0 amide bonds. The monoisotopic (exact) mass is 506 g/mol. The van der Waals surface area contributed by atoms with Gasteiger partial charge in [0.1, 0.15) is 17.4 Å². The summed E-state index contributed by atoms with van der Waals surface area (Å²) in [5.41, 5.74) is 3.30. The Kier molecular flexibility index (Phi) is 7.06. The minimum Gasteiger partial charge on any atom is -0.486 e. The second kappa shape index (κ2) is 10.5. The van der Waals surface area contributed by atoms with Crippen LogP contribution in [0.5, 0.6) is 17.2 Å². The molecule has 1 aliphatic heterocycles. The maximum Gasteiger partial charge on any atom is 0.231 e. The van der Waals surface area contributed by atoms with Gasteiger partial charge in [-0.15, -0.1) is 28.1 Å². The smallest absolute Gasteiger partial charge is 0.231 e. The first kappa shape index (κ1) is 23.4. The highest BCUT2D eigenvalue weighted by atomic mass is 32.2. The molecule has 0 aliphatic carbocycles. The van der Waals surface area contributed by atoms with Gasteiger partial charge in [-0.05, 0) is 41.8 Å². The van der Waals surface area contributed by atoms with Gasteiger partial charge >= 0.3 is 0 Å². The molecule has 0 saturated carbocycles. The van der Waals surface area contributed by atoms with Crippen molar-refractivity contribution < 1.29 is 14.2 Å². The van der Waals surface area contributed by atoms with Crippen molar-refractivity contribution in [1.29, 1.82) is 0 Å². The van der Waals surface area contributed by atoms with Gasteiger partial charge in [0.2, 0.25) is 6.79 Å². The highest BCUT2D eigenvalue weighted by Crippen LogP contribution is 2.37. The van der Waals surface area contributed by atoms with E-state index in [1.165, 1.54) is 5.56 Å². The van der Waals surface area contributed by atoms with Crippen LogP contribution in [0.15, 0.2) is 65.7 Å². The number of benzene rings is 2. The SMILES string of the molecule is C=CCn1c(COc2ccc(C(C)C)cc2)nnc1SCc1csc(-c2ccc3c(c2)OCO3)n1. The number of ether oxygens (including phenoxy) is 3. The average Bonchev–Trinajstić information content (AvgIpc) is 3.61. The van der Waals surface area contributed by atoms with Gasteiger partial charge in [-0.3, -0.25) is 4.57 Å². The van der Waals surface area contributed by atoms with Crippen LogP contribution in [0.4, 0.5) is 0 Å². The Hall–Kier alpha value is -3.30. The van der Waals surface area contributed by atoms with Crippen LogP contribution in [0.3, 0.4) is 0 Å². The number of nitrogens with zero attached hydrogens (tertiary/aromatic N) is 4. The third kappa shape index (κ3) is 5.36. The fraction of sp³-hybridized carbons (Fsp3) is 0.269. The first-order valence-electron chi connectivity index (χ1n) is 11.3. The number of hydrogen-bond donors (Lipinski definition) is 0. The molecule has 7 nitrogen and oxygen atoms in total. The van der Waals surface area contributed by atoms with Crippen molar-refractivity contribution in [2.45, 2.75) is 43.8 Å². The van der Waals surface area contributed by atoms with E-state index in [-0.39, 0.29) is 6.79 Å². The number of fused-ring (bicyclic) bond motifs is 1. The molecular weight excluding hydrogens is 480 g/mol. The van der Waals surface area contributed by atoms with E-state index in [1.54, 1.807) is 23.1 Å².